The van der Waals surface area contributed by atoms with Crippen LogP contribution in [0.25, 0.3) is 0 Å². The molecule has 0 aliphatic rings. The van der Waals surface area contributed by atoms with E-state index in [1.54, 1.807) is 41.8 Å². The van der Waals surface area contributed by atoms with Gasteiger partial charge in [0.2, 0.25) is 0 Å². The van der Waals surface area contributed by atoms with Crippen molar-refractivity contribution in [2.24, 2.45) is 0 Å². The Kier molecular flexibility index (Phi) is 7.12. The number of hydrogen-bond donors (Lipinski definition) is 2. The topological polar surface area (TPSA) is 78.5 Å². The molecule has 1 aromatic heterocycles. The second kappa shape index (κ2) is 9.77. The molecule has 6 nitrogen and oxygen atoms in total. The van der Waals surface area contributed by atoms with Gasteiger partial charge in [0.1, 0.15) is 4.21 Å². The Morgan fingerprint density at radius 2 is 1.63 bits per heavy atom. The number of nitrogens with zero attached hydrogens (tertiary/aromatic N) is 1. The van der Waals surface area contributed by atoms with Crippen molar-refractivity contribution in [3.63, 3.8) is 0 Å². The average Bonchev–Trinajstić information content (AvgIpc) is 3.30. The van der Waals surface area contributed by atoms with Crippen molar-refractivity contribution >= 4 is 38.6 Å². The third-order valence-electron chi connectivity index (χ3n) is 4.68. The van der Waals surface area contributed by atoms with Crippen molar-refractivity contribution in [2.75, 3.05) is 22.7 Å². The summed E-state index contributed by atoms with van der Waals surface area (Å²) in [4.78, 5) is 14.7. The maximum atomic E-state index is 12.4. The molecule has 2 N–H and O–H groups in total. The second-order valence-corrected chi connectivity index (χ2v) is 9.49. The molecule has 0 aliphatic carbocycles. The van der Waals surface area contributed by atoms with E-state index in [1.165, 1.54) is 0 Å². The SMILES string of the molecule is CCN(CC)c1ccc(CNC(=O)c2ccc(NS(=O)(=O)c3cccs3)cc2)cc1. The quantitative estimate of drug-likeness (QED) is 0.516. The molecule has 8 heteroatoms. The van der Waals surface area contributed by atoms with E-state index in [9.17, 15) is 13.2 Å². The van der Waals surface area contributed by atoms with Gasteiger partial charge < -0.3 is 10.2 Å². The van der Waals surface area contributed by atoms with Crippen molar-refractivity contribution in [2.45, 2.75) is 24.6 Å². The van der Waals surface area contributed by atoms with E-state index in [-0.39, 0.29) is 10.1 Å². The van der Waals surface area contributed by atoms with Crippen LogP contribution in [0.3, 0.4) is 0 Å². The zero-order valence-corrected chi connectivity index (χ0v) is 18.6. The normalized spacial score (nSPS) is 11.1. The van der Waals surface area contributed by atoms with Crippen LogP contribution in [-0.4, -0.2) is 27.4 Å². The van der Waals surface area contributed by atoms with Crippen LogP contribution in [0.2, 0.25) is 0 Å². The van der Waals surface area contributed by atoms with Crippen LogP contribution < -0.4 is 14.9 Å². The first kappa shape index (κ1) is 21.9. The first-order valence-corrected chi connectivity index (χ1v) is 12.1. The van der Waals surface area contributed by atoms with Crippen LogP contribution in [0, 0.1) is 0 Å². The summed E-state index contributed by atoms with van der Waals surface area (Å²) in [5.41, 5.74) is 3.05. The zero-order valence-electron chi connectivity index (χ0n) is 17.0. The number of rotatable bonds is 9. The Balaban J connectivity index is 1.57. The second-order valence-electron chi connectivity index (χ2n) is 6.64. The van der Waals surface area contributed by atoms with Crippen molar-refractivity contribution < 1.29 is 13.2 Å². The molecule has 3 aromatic rings. The number of anilines is 2. The molecule has 2 aromatic carbocycles. The highest BCUT2D eigenvalue weighted by Crippen LogP contribution is 2.20. The van der Waals surface area contributed by atoms with Gasteiger partial charge in [-0.1, -0.05) is 18.2 Å². The summed E-state index contributed by atoms with van der Waals surface area (Å²) in [5, 5.41) is 4.60. The summed E-state index contributed by atoms with van der Waals surface area (Å²) in [5.74, 6) is -0.213. The molecule has 0 spiro atoms. The van der Waals surface area contributed by atoms with Gasteiger partial charge in [-0.3, -0.25) is 9.52 Å². The number of amides is 1. The van der Waals surface area contributed by atoms with Gasteiger partial charge >= 0.3 is 0 Å². The molecule has 30 heavy (non-hydrogen) atoms. The van der Waals surface area contributed by atoms with E-state index < -0.39 is 10.0 Å². The number of sulfonamides is 1. The molecule has 0 saturated heterocycles. The van der Waals surface area contributed by atoms with Gasteiger partial charge in [0, 0.05) is 36.6 Å². The van der Waals surface area contributed by atoms with Crippen LogP contribution in [-0.2, 0) is 16.6 Å². The first-order chi connectivity index (χ1) is 14.4. The maximum Gasteiger partial charge on any atom is 0.271 e. The summed E-state index contributed by atoms with van der Waals surface area (Å²) in [6, 6.07) is 17.7. The predicted molar refractivity (Wildman–Crippen MR) is 123 cm³/mol. The van der Waals surface area contributed by atoms with Crippen molar-refractivity contribution in [3.8, 4) is 0 Å². The number of hydrogen-bond acceptors (Lipinski definition) is 5. The lowest BCUT2D eigenvalue weighted by Crippen LogP contribution is -2.23. The van der Waals surface area contributed by atoms with Gasteiger partial charge in [-0.2, -0.15) is 0 Å². The smallest absolute Gasteiger partial charge is 0.271 e. The molecule has 0 fully saturated rings. The van der Waals surface area contributed by atoms with Crippen molar-refractivity contribution in [1.82, 2.24) is 5.32 Å². The molecule has 3 rings (SSSR count). The number of thiophene rings is 1. The van der Waals surface area contributed by atoms with E-state index >= 15 is 0 Å². The molecule has 0 unspecified atom stereocenters. The fourth-order valence-corrected chi connectivity index (χ4v) is 5.06. The van der Waals surface area contributed by atoms with Gasteiger partial charge in [-0.05, 0) is 67.3 Å². The molecular weight excluding hydrogens is 418 g/mol. The van der Waals surface area contributed by atoms with E-state index in [4.69, 9.17) is 0 Å². The predicted octanol–water partition coefficient (Wildman–Crippen LogP) is 4.33. The zero-order chi connectivity index (χ0) is 21.6. The lowest BCUT2D eigenvalue weighted by atomic mass is 10.1. The molecule has 0 atom stereocenters. The Bertz CT molecular complexity index is 1060. The molecule has 0 saturated carbocycles. The van der Waals surface area contributed by atoms with E-state index in [0.29, 0.717) is 17.8 Å². The van der Waals surface area contributed by atoms with E-state index in [2.05, 4.69) is 40.9 Å². The van der Waals surface area contributed by atoms with Crippen molar-refractivity contribution in [3.05, 3.63) is 77.2 Å². The number of carbonyl (C=O) groups is 1. The third-order valence-corrected chi connectivity index (χ3v) is 7.46. The van der Waals surface area contributed by atoms with Gasteiger partial charge in [0.15, 0.2) is 0 Å². The Hall–Kier alpha value is -2.84. The highest BCUT2D eigenvalue weighted by atomic mass is 32.2. The fourth-order valence-electron chi connectivity index (χ4n) is 3.01. The molecule has 158 valence electrons. The summed E-state index contributed by atoms with van der Waals surface area (Å²) in [7, 11) is -3.60. The van der Waals surface area contributed by atoms with Crippen LogP contribution in [0.5, 0.6) is 0 Å². The molecule has 0 radical (unpaired) electrons. The third kappa shape index (κ3) is 5.40. The van der Waals surface area contributed by atoms with Crippen LogP contribution in [0.4, 0.5) is 11.4 Å². The highest BCUT2D eigenvalue weighted by Gasteiger charge is 2.15. The largest absolute Gasteiger partial charge is 0.372 e. The summed E-state index contributed by atoms with van der Waals surface area (Å²) in [6.07, 6.45) is 0. The number of benzene rings is 2. The minimum atomic E-state index is -3.60. The van der Waals surface area contributed by atoms with Crippen LogP contribution in [0.15, 0.2) is 70.3 Å². The minimum Gasteiger partial charge on any atom is -0.372 e. The first-order valence-electron chi connectivity index (χ1n) is 9.71. The number of carbonyl (C=O) groups excluding carboxylic acids is 1. The Labute approximate surface area is 181 Å². The van der Waals surface area contributed by atoms with Gasteiger partial charge in [-0.15, -0.1) is 11.3 Å². The molecule has 1 amide bonds. The molecule has 0 bridgehead atoms. The Morgan fingerprint density at radius 3 is 2.20 bits per heavy atom. The van der Waals surface area contributed by atoms with Crippen LogP contribution >= 0.6 is 11.3 Å². The van der Waals surface area contributed by atoms with E-state index in [1.807, 2.05) is 12.1 Å². The van der Waals surface area contributed by atoms with Gasteiger partial charge in [0.25, 0.3) is 15.9 Å². The summed E-state index contributed by atoms with van der Waals surface area (Å²) in [6.45, 7) is 6.56. The summed E-state index contributed by atoms with van der Waals surface area (Å²) < 4.78 is 27.3. The molecular formula is C22H25N3O3S2. The minimum absolute atomic E-state index is 0.213. The maximum absolute atomic E-state index is 12.4. The summed E-state index contributed by atoms with van der Waals surface area (Å²) >= 11 is 1.15. The Morgan fingerprint density at radius 1 is 0.967 bits per heavy atom. The van der Waals surface area contributed by atoms with E-state index in [0.717, 1.165) is 35.7 Å². The van der Waals surface area contributed by atoms with Crippen LogP contribution in [0.1, 0.15) is 29.8 Å². The standard InChI is InChI=1S/C22H25N3O3S2/c1-3-25(4-2)20-13-7-17(8-14-20)16-23-22(26)18-9-11-19(12-10-18)24-30(27,28)21-6-5-15-29-21/h5-15,24H,3-4,16H2,1-2H3,(H,23,26). The average molecular weight is 444 g/mol. The molecule has 1 heterocycles. The fraction of sp³-hybridized carbons (Fsp3) is 0.227. The molecule has 0 aliphatic heterocycles. The van der Waals surface area contributed by atoms with Gasteiger partial charge in [0.05, 0.1) is 0 Å². The van der Waals surface area contributed by atoms with Gasteiger partial charge in [-0.25, -0.2) is 8.42 Å². The lowest BCUT2D eigenvalue weighted by Gasteiger charge is -2.21. The number of nitrogens with one attached hydrogen (secondary N) is 2. The monoisotopic (exact) mass is 443 g/mol. The van der Waals surface area contributed by atoms with Crippen molar-refractivity contribution in [1.29, 1.82) is 0 Å². The lowest BCUT2D eigenvalue weighted by molar-refractivity contribution is 0.0951. The highest BCUT2D eigenvalue weighted by molar-refractivity contribution is 7.94.